The van der Waals surface area contributed by atoms with E-state index in [4.69, 9.17) is 5.26 Å². The fraction of sp³-hybridized carbons (Fsp3) is 0.231. The summed E-state index contributed by atoms with van der Waals surface area (Å²) in [5, 5.41) is 12.2. The van der Waals surface area contributed by atoms with Crippen LogP contribution in [0.1, 0.15) is 28.3 Å². The lowest BCUT2D eigenvalue weighted by atomic mass is 10.1. The van der Waals surface area contributed by atoms with Crippen molar-refractivity contribution in [3.8, 4) is 6.07 Å². The second kappa shape index (κ2) is 5.58. The van der Waals surface area contributed by atoms with Gasteiger partial charge in [0.1, 0.15) is 10.9 Å². The summed E-state index contributed by atoms with van der Waals surface area (Å²) >= 11 is 1.53. The molecule has 4 heteroatoms. The summed E-state index contributed by atoms with van der Waals surface area (Å²) in [7, 11) is 0. The second-order valence-electron chi connectivity index (χ2n) is 3.77. The molecule has 0 fully saturated rings. The molecule has 0 aliphatic rings. The number of rotatable bonds is 4. The molecule has 2 heterocycles. The quantitative estimate of drug-likeness (QED) is 0.898. The number of hydrogen-bond acceptors (Lipinski definition) is 4. The Labute approximate surface area is 105 Å². The van der Waals surface area contributed by atoms with Crippen molar-refractivity contribution in [3.05, 3.63) is 52.0 Å². The molecule has 0 saturated carbocycles. The van der Waals surface area contributed by atoms with Crippen LogP contribution < -0.4 is 5.32 Å². The maximum absolute atomic E-state index is 8.74. The third-order valence-corrected chi connectivity index (χ3v) is 3.53. The number of aromatic nitrogens is 1. The van der Waals surface area contributed by atoms with Crippen molar-refractivity contribution in [1.82, 2.24) is 10.3 Å². The Balaban J connectivity index is 1.92. The van der Waals surface area contributed by atoms with Gasteiger partial charge in [-0.1, -0.05) is 6.07 Å². The van der Waals surface area contributed by atoms with Crippen molar-refractivity contribution < 1.29 is 0 Å². The number of hydrogen-bond donors (Lipinski definition) is 1. The molecule has 2 aromatic rings. The van der Waals surface area contributed by atoms with Crippen LogP contribution in [0.2, 0.25) is 0 Å². The summed E-state index contributed by atoms with van der Waals surface area (Å²) in [4.78, 5) is 6.04. The van der Waals surface area contributed by atoms with E-state index in [0.29, 0.717) is 0 Å². The first-order valence-corrected chi connectivity index (χ1v) is 6.23. The summed E-state index contributed by atoms with van der Waals surface area (Å²) in [6, 6.07) is 10.3. The lowest BCUT2D eigenvalue weighted by Crippen LogP contribution is -2.17. The highest BCUT2D eigenvalue weighted by atomic mass is 32.1. The number of thiophene rings is 1. The van der Waals surface area contributed by atoms with Crippen LogP contribution in [0, 0.1) is 11.3 Å². The van der Waals surface area contributed by atoms with Gasteiger partial charge in [0.2, 0.25) is 0 Å². The van der Waals surface area contributed by atoms with Gasteiger partial charge in [0.25, 0.3) is 0 Å². The number of nitrogens with zero attached hydrogens (tertiary/aromatic N) is 2. The van der Waals surface area contributed by atoms with Crippen LogP contribution in [0.4, 0.5) is 0 Å². The first-order valence-electron chi connectivity index (χ1n) is 5.41. The summed E-state index contributed by atoms with van der Waals surface area (Å²) < 4.78 is 0. The molecular formula is C13H13N3S. The number of pyridine rings is 1. The molecule has 0 aliphatic heterocycles. The standard InChI is InChI=1S/C13H13N3S/c1-10(11-3-2-6-15-8-11)16-9-13-5-4-12(7-14)17-13/h2-6,8,10,16H,9H2,1H3. The molecule has 86 valence electrons. The minimum absolute atomic E-state index is 0.260. The normalized spacial score (nSPS) is 12.0. The van der Waals surface area contributed by atoms with E-state index >= 15 is 0 Å². The zero-order valence-electron chi connectivity index (χ0n) is 9.55. The van der Waals surface area contributed by atoms with Gasteiger partial charge in [0.05, 0.1) is 0 Å². The largest absolute Gasteiger partial charge is 0.305 e. The van der Waals surface area contributed by atoms with Gasteiger partial charge < -0.3 is 5.32 Å². The molecule has 3 nitrogen and oxygen atoms in total. The van der Waals surface area contributed by atoms with E-state index in [1.165, 1.54) is 21.8 Å². The molecule has 2 rings (SSSR count). The van der Waals surface area contributed by atoms with Crippen LogP contribution in [0.5, 0.6) is 0 Å². The van der Waals surface area contributed by atoms with E-state index in [9.17, 15) is 0 Å². The van der Waals surface area contributed by atoms with Gasteiger partial charge in [0.15, 0.2) is 0 Å². The fourth-order valence-corrected chi connectivity index (χ4v) is 2.29. The van der Waals surface area contributed by atoms with Crippen LogP contribution in [-0.2, 0) is 6.54 Å². The van der Waals surface area contributed by atoms with Crippen molar-refractivity contribution in [2.75, 3.05) is 0 Å². The van der Waals surface area contributed by atoms with Gasteiger partial charge in [0, 0.05) is 29.9 Å². The molecular weight excluding hydrogens is 230 g/mol. The van der Waals surface area contributed by atoms with Crippen molar-refractivity contribution in [1.29, 1.82) is 5.26 Å². The monoisotopic (exact) mass is 243 g/mol. The Hall–Kier alpha value is -1.70. The number of nitriles is 1. The number of nitrogens with one attached hydrogen (secondary N) is 1. The van der Waals surface area contributed by atoms with E-state index < -0.39 is 0 Å². The van der Waals surface area contributed by atoms with Crippen LogP contribution in [0.15, 0.2) is 36.7 Å². The third kappa shape index (κ3) is 3.13. The van der Waals surface area contributed by atoms with Crippen molar-refractivity contribution in [3.63, 3.8) is 0 Å². The Morgan fingerprint density at radius 3 is 3.00 bits per heavy atom. The first kappa shape index (κ1) is 11.8. The Morgan fingerprint density at radius 1 is 1.47 bits per heavy atom. The molecule has 0 spiro atoms. The predicted molar refractivity (Wildman–Crippen MR) is 68.5 cm³/mol. The zero-order chi connectivity index (χ0) is 12.1. The molecule has 0 bridgehead atoms. The molecule has 2 aromatic heterocycles. The fourth-order valence-electron chi connectivity index (χ4n) is 1.54. The molecule has 0 aromatic carbocycles. The van der Waals surface area contributed by atoms with Gasteiger partial charge in [-0.3, -0.25) is 4.98 Å². The molecule has 0 radical (unpaired) electrons. The average Bonchev–Trinajstić information content (AvgIpc) is 2.85. The first-order chi connectivity index (χ1) is 8.29. The van der Waals surface area contributed by atoms with Crippen LogP contribution in [0.3, 0.4) is 0 Å². The van der Waals surface area contributed by atoms with E-state index in [0.717, 1.165) is 11.4 Å². The van der Waals surface area contributed by atoms with Crippen molar-refractivity contribution in [2.45, 2.75) is 19.5 Å². The van der Waals surface area contributed by atoms with E-state index in [1.54, 1.807) is 6.20 Å². The maximum Gasteiger partial charge on any atom is 0.110 e. The smallest absolute Gasteiger partial charge is 0.110 e. The molecule has 1 atom stereocenters. The van der Waals surface area contributed by atoms with E-state index in [-0.39, 0.29) is 6.04 Å². The summed E-state index contributed by atoms with van der Waals surface area (Å²) in [5.74, 6) is 0. The highest BCUT2D eigenvalue weighted by molar-refractivity contribution is 7.12. The summed E-state index contributed by atoms with van der Waals surface area (Å²) in [5.41, 5.74) is 1.17. The second-order valence-corrected chi connectivity index (χ2v) is 4.94. The predicted octanol–water partition coefficient (Wildman–Crippen LogP) is 2.87. The Bertz CT molecular complexity index is 513. The summed E-state index contributed by atoms with van der Waals surface area (Å²) in [6.07, 6.45) is 3.64. The van der Waals surface area contributed by atoms with Crippen LogP contribution in [-0.4, -0.2) is 4.98 Å². The maximum atomic E-state index is 8.74. The third-order valence-electron chi connectivity index (χ3n) is 2.54. The van der Waals surface area contributed by atoms with E-state index in [1.807, 2.05) is 24.4 Å². The van der Waals surface area contributed by atoms with Crippen molar-refractivity contribution in [2.24, 2.45) is 0 Å². The SMILES string of the molecule is CC(NCc1ccc(C#N)s1)c1cccnc1. The molecule has 1 unspecified atom stereocenters. The Kier molecular flexibility index (Phi) is 3.86. The van der Waals surface area contributed by atoms with Crippen LogP contribution in [0.25, 0.3) is 0 Å². The van der Waals surface area contributed by atoms with Gasteiger partial charge >= 0.3 is 0 Å². The molecule has 1 N–H and O–H groups in total. The average molecular weight is 243 g/mol. The van der Waals surface area contributed by atoms with Gasteiger partial charge in [-0.15, -0.1) is 11.3 Å². The topological polar surface area (TPSA) is 48.7 Å². The Morgan fingerprint density at radius 2 is 2.35 bits per heavy atom. The molecule has 17 heavy (non-hydrogen) atoms. The van der Waals surface area contributed by atoms with Crippen LogP contribution >= 0.6 is 11.3 Å². The highest BCUT2D eigenvalue weighted by Crippen LogP contribution is 2.17. The lowest BCUT2D eigenvalue weighted by molar-refractivity contribution is 0.577. The minimum Gasteiger partial charge on any atom is -0.305 e. The van der Waals surface area contributed by atoms with Gasteiger partial charge in [-0.25, -0.2) is 0 Å². The highest BCUT2D eigenvalue weighted by Gasteiger charge is 2.05. The van der Waals surface area contributed by atoms with Gasteiger partial charge in [-0.2, -0.15) is 5.26 Å². The summed E-state index contributed by atoms with van der Waals surface area (Å²) in [6.45, 7) is 2.89. The molecule has 0 saturated heterocycles. The van der Waals surface area contributed by atoms with E-state index in [2.05, 4.69) is 29.4 Å². The minimum atomic E-state index is 0.260. The van der Waals surface area contributed by atoms with Gasteiger partial charge in [-0.05, 0) is 30.7 Å². The molecule has 0 amide bonds. The lowest BCUT2D eigenvalue weighted by Gasteiger charge is -2.12. The molecule has 0 aliphatic carbocycles. The zero-order valence-corrected chi connectivity index (χ0v) is 10.4. The van der Waals surface area contributed by atoms with Crippen molar-refractivity contribution >= 4 is 11.3 Å².